The predicted molar refractivity (Wildman–Crippen MR) is 52.5 cm³/mol. The third-order valence-corrected chi connectivity index (χ3v) is 4.96. The zero-order valence-electron chi connectivity index (χ0n) is 8.56. The summed E-state index contributed by atoms with van der Waals surface area (Å²) in [5.74, 6) is 0. The fourth-order valence-corrected chi connectivity index (χ4v) is 2.71. The van der Waals surface area contributed by atoms with Crippen LogP contribution < -0.4 is 0 Å². The van der Waals surface area contributed by atoms with Crippen LogP contribution in [0.5, 0.6) is 0 Å². The summed E-state index contributed by atoms with van der Waals surface area (Å²) < 4.78 is 29.2. The molecule has 0 aromatic heterocycles. The minimum absolute atomic E-state index is 0.368. The van der Waals surface area contributed by atoms with Crippen molar-refractivity contribution < 1.29 is 18.3 Å². The van der Waals surface area contributed by atoms with Gasteiger partial charge in [0.15, 0.2) is 0 Å². The lowest BCUT2D eigenvalue weighted by atomic mass is 10.2. The van der Waals surface area contributed by atoms with Crippen LogP contribution in [0.25, 0.3) is 0 Å². The number of hydrogen-bond donors (Lipinski definition) is 1. The van der Waals surface area contributed by atoms with E-state index in [0.29, 0.717) is 26.3 Å². The van der Waals surface area contributed by atoms with Gasteiger partial charge in [0.1, 0.15) is 4.75 Å². The number of hydrogen-bond acceptors (Lipinski definition) is 4. The normalized spacial score (nSPS) is 21.1. The van der Waals surface area contributed by atoms with Crippen molar-refractivity contribution >= 4 is 10.0 Å². The molecule has 0 amide bonds. The van der Waals surface area contributed by atoms with Gasteiger partial charge in [0.2, 0.25) is 10.0 Å². The number of aliphatic hydroxyl groups excluding tert-OH is 1. The number of rotatable bonds is 3. The molecule has 0 aromatic rings. The number of aliphatic hydroxyl groups is 1. The third-order valence-electron chi connectivity index (χ3n) is 2.39. The fourth-order valence-electron chi connectivity index (χ4n) is 1.22. The van der Waals surface area contributed by atoms with Crippen molar-refractivity contribution in [2.45, 2.75) is 18.6 Å². The molecule has 1 rings (SSSR count). The molecular weight excluding hydrogens is 206 g/mol. The largest absolute Gasteiger partial charge is 0.395 e. The molecule has 0 aliphatic carbocycles. The number of nitrogens with zero attached hydrogens (tertiary/aromatic N) is 1. The Morgan fingerprint density at radius 2 is 1.86 bits per heavy atom. The monoisotopic (exact) mass is 223 g/mol. The van der Waals surface area contributed by atoms with Gasteiger partial charge in [0.25, 0.3) is 0 Å². The summed E-state index contributed by atoms with van der Waals surface area (Å²) in [5.41, 5.74) is 0. The van der Waals surface area contributed by atoms with Crippen LogP contribution in [0, 0.1) is 0 Å². The minimum Gasteiger partial charge on any atom is -0.395 e. The summed E-state index contributed by atoms with van der Waals surface area (Å²) in [4.78, 5) is 0. The molecule has 0 radical (unpaired) electrons. The molecule has 1 fully saturated rings. The van der Waals surface area contributed by atoms with Gasteiger partial charge in [-0.15, -0.1) is 0 Å². The van der Waals surface area contributed by atoms with Crippen LogP contribution in [0.4, 0.5) is 0 Å². The van der Waals surface area contributed by atoms with Crippen molar-refractivity contribution in [2.75, 3.05) is 32.9 Å². The van der Waals surface area contributed by atoms with Crippen LogP contribution in [-0.4, -0.2) is 55.5 Å². The lowest BCUT2D eigenvalue weighted by Crippen LogP contribution is -2.50. The molecule has 1 aliphatic rings. The second kappa shape index (κ2) is 4.14. The summed E-state index contributed by atoms with van der Waals surface area (Å²) in [6.07, 6.45) is 0. The first-order valence-corrected chi connectivity index (χ1v) is 6.04. The lowest BCUT2D eigenvalue weighted by molar-refractivity contribution is 0.0713. The van der Waals surface area contributed by atoms with Crippen molar-refractivity contribution in [3.05, 3.63) is 0 Å². The van der Waals surface area contributed by atoms with Gasteiger partial charge in [-0.05, 0) is 13.8 Å². The van der Waals surface area contributed by atoms with E-state index in [0.717, 1.165) is 0 Å². The van der Waals surface area contributed by atoms with E-state index < -0.39 is 14.8 Å². The van der Waals surface area contributed by atoms with Crippen LogP contribution in [0.1, 0.15) is 13.8 Å². The van der Waals surface area contributed by atoms with Gasteiger partial charge in [-0.2, -0.15) is 4.31 Å². The number of sulfonamides is 1. The molecule has 0 atom stereocenters. The van der Waals surface area contributed by atoms with Gasteiger partial charge in [-0.1, -0.05) is 0 Å². The first kappa shape index (κ1) is 11.9. The smallest absolute Gasteiger partial charge is 0.221 e. The Kier molecular flexibility index (Phi) is 3.52. The molecule has 1 N–H and O–H groups in total. The van der Waals surface area contributed by atoms with E-state index in [1.54, 1.807) is 0 Å². The first-order valence-electron chi connectivity index (χ1n) is 4.60. The summed E-state index contributed by atoms with van der Waals surface area (Å²) >= 11 is 0. The van der Waals surface area contributed by atoms with E-state index in [-0.39, 0.29) is 6.61 Å². The van der Waals surface area contributed by atoms with Gasteiger partial charge < -0.3 is 9.84 Å². The molecule has 0 spiro atoms. The molecule has 0 saturated carbocycles. The molecule has 5 nitrogen and oxygen atoms in total. The first-order chi connectivity index (χ1) is 6.42. The van der Waals surface area contributed by atoms with Crippen molar-refractivity contribution in [1.29, 1.82) is 0 Å². The maximum absolute atomic E-state index is 11.9. The molecular formula is C8H17NO4S. The Morgan fingerprint density at radius 1 is 1.36 bits per heavy atom. The summed E-state index contributed by atoms with van der Waals surface area (Å²) in [6.45, 7) is 4.31. The lowest BCUT2D eigenvalue weighted by Gasteiger charge is -2.33. The van der Waals surface area contributed by atoms with Crippen molar-refractivity contribution in [3.63, 3.8) is 0 Å². The van der Waals surface area contributed by atoms with Crippen LogP contribution >= 0.6 is 0 Å². The van der Waals surface area contributed by atoms with E-state index in [4.69, 9.17) is 9.84 Å². The zero-order valence-corrected chi connectivity index (χ0v) is 9.38. The Balaban J connectivity index is 2.83. The maximum atomic E-state index is 11.9. The van der Waals surface area contributed by atoms with Gasteiger partial charge in [0, 0.05) is 13.1 Å². The molecule has 14 heavy (non-hydrogen) atoms. The highest BCUT2D eigenvalue weighted by atomic mass is 32.2. The van der Waals surface area contributed by atoms with E-state index in [1.807, 2.05) is 0 Å². The molecule has 84 valence electrons. The van der Waals surface area contributed by atoms with Gasteiger partial charge in [-0.25, -0.2) is 8.42 Å². The van der Waals surface area contributed by atoms with Crippen LogP contribution in [0.2, 0.25) is 0 Å². The second-order valence-corrected chi connectivity index (χ2v) is 6.51. The van der Waals surface area contributed by atoms with E-state index in [2.05, 4.69) is 0 Å². The third kappa shape index (κ3) is 2.08. The Labute approximate surface area is 84.7 Å². The molecule has 6 heteroatoms. The second-order valence-electron chi connectivity index (χ2n) is 3.93. The molecule has 0 unspecified atom stereocenters. The molecule has 1 heterocycles. The Bertz CT molecular complexity index is 280. The highest BCUT2D eigenvalue weighted by Crippen LogP contribution is 2.21. The fraction of sp³-hybridized carbons (Fsp3) is 1.00. The van der Waals surface area contributed by atoms with Crippen molar-refractivity contribution in [1.82, 2.24) is 4.31 Å². The number of ether oxygens (including phenoxy) is 1. The standard InChI is InChI=1S/C8H17NO4S/c1-8(2,7-10)14(11,12)9-3-5-13-6-4-9/h10H,3-7H2,1-2H3. The molecule has 1 aliphatic heterocycles. The van der Waals surface area contributed by atoms with E-state index in [1.165, 1.54) is 18.2 Å². The number of morpholine rings is 1. The molecule has 0 aromatic carbocycles. The summed E-state index contributed by atoms with van der Waals surface area (Å²) in [7, 11) is -3.41. The average molecular weight is 223 g/mol. The van der Waals surface area contributed by atoms with Gasteiger partial charge in [0.05, 0.1) is 19.8 Å². The predicted octanol–water partition coefficient (Wildman–Crippen LogP) is -0.581. The molecule has 0 bridgehead atoms. The van der Waals surface area contributed by atoms with Gasteiger partial charge in [-0.3, -0.25) is 0 Å². The molecule has 1 saturated heterocycles. The van der Waals surface area contributed by atoms with Gasteiger partial charge >= 0.3 is 0 Å². The van der Waals surface area contributed by atoms with Crippen molar-refractivity contribution in [2.24, 2.45) is 0 Å². The summed E-state index contributed by atoms with van der Waals surface area (Å²) in [6, 6.07) is 0. The minimum atomic E-state index is -3.41. The Hall–Kier alpha value is -0.170. The van der Waals surface area contributed by atoms with Crippen LogP contribution in [-0.2, 0) is 14.8 Å². The van der Waals surface area contributed by atoms with Crippen LogP contribution in [0.3, 0.4) is 0 Å². The maximum Gasteiger partial charge on any atom is 0.221 e. The quantitative estimate of drug-likeness (QED) is 0.695. The highest BCUT2D eigenvalue weighted by Gasteiger charge is 2.39. The average Bonchev–Trinajstić information content (AvgIpc) is 2.19. The summed E-state index contributed by atoms with van der Waals surface area (Å²) in [5, 5.41) is 9.02. The van der Waals surface area contributed by atoms with E-state index >= 15 is 0 Å². The Morgan fingerprint density at radius 3 is 2.29 bits per heavy atom. The van der Waals surface area contributed by atoms with E-state index in [9.17, 15) is 8.42 Å². The van der Waals surface area contributed by atoms with Crippen molar-refractivity contribution in [3.8, 4) is 0 Å². The zero-order chi connectivity index (χ0) is 10.8. The SMILES string of the molecule is CC(C)(CO)S(=O)(=O)N1CCOCC1. The topological polar surface area (TPSA) is 66.8 Å². The highest BCUT2D eigenvalue weighted by molar-refractivity contribution is 7.90. The van der Waals surface area contributed by atoms with Crippen LogP contribution in [0.15, 0.2) is 0 Å².